The van der Waals surface area contributed by atoms with Gasteiger partial charge in [-0.25, -0.2) is 9.18 Å². The first-order valence-corrected chi connectivity index (χ1v) is 12.6. The molecule has 3 fully saturated rings. The molecular formula is C27H32FN5O2. The van der Waals surface area contributed by atoms with Crippen molar-refractivity contribution in [1.29, 1.82) is 0 Å². The van der Waals surface area contributed by atoms with Crippen molar-refractivity contribution in [2.24, 2.45) is 0 Å². The number of hydrogen-bond acceptors (Lipinski definition) is 4. The van der Waals surface area contributed by atoms with Gasteiger partial charge in [0.15, 0.2) is 0 Å². The highest BCUT2D eigenvalue weighted by Crippen LogP contribution is 2.34. The Balaban J connectivity index is 1.20. The molecule has 0 N–H and O–H groups in total. The van der Waals surface area contributed by atoms with Crippen LogP contribution in [0.4, 0.5) is 26.2 Å². The van der Waals surface area contributed by atoms with Gasteiger partial charge in [-0.2, -0.15) is 0 Å². The van der Waals surface area contributed by atoms with Gasteiger partial charge in [0.2, 0.25) is 0 Å². The van der Waals surface area contributed by atoms with Gasteiger partial charge in [-0.3, -0.25) is 9.69 Å². The third-order valence-corrected chi connectivity index (χ3v) is 8.21. The van der Waals surface area contributed by atoms with Gasteiger partial charge in [0.1, 0.15) is 5.82 Å². The number of rotatable bonds is 4. The summed E-state index contributed by atoms with van der Waals surface area (Å²) in [6.45, 7) is 3.68. The molecule has 6 rings (SSSR count). The van der Waals surface area contributed by atoms with E-state index in [2.05, 4.69) is 23.9 Å². The first-order valence-electron chi connectivity index (χ1n) is 12.6. The van der Waals surface area contributed by atoms with E-state index in [1.807, 2.05) is 34.1 Å². The van der Waals surface area contributed by atoms with Gasteiger partial charge in [-0.05, 0) is 81.7 Å². The van der Waals surface area contributed by atoms with E-state index in [0.29, 0.717) is 42.0 Å². The van der Waals surface area contributed by atoms with Gasteiger partial charge in [-0.1, -0.05) is 0 Å². The van der Waals surface area contributed by atoms with E-state index in [4.69, 9.17) is 0 Å². The molecule has 4 heterocycles. The summed E-state index contributed by atoms with van der Waals surface area (Å²) in [5.41, 5.74) is 3.63. The fourth-order valence-corrected chi connectivity index (χ4v) is 6.13. The van der Waals surface area contributed by atoms with Crippen LogP contribution in [0.2, 0.25) is 0 Å². The highest BCUT2D eigenvalue weighted by atomic mass is 19.1. The minimum absolute atomic E-state index is 0.0710. The van der Waals surface area contributed by atoms with Crippen LogP contribution in [0.5, 0.6) is 0 Å². The largest absolute Gasteiger partial charge is 0.368 e. The number of urea groups is 1. The van der Waals surface area contributed by atoms with E-state index < -0.39 is 0 Å². The molecule has 0 saturated carbocycles. The summed E-state index contributed by atoms with van der Waals surface area (Å²) in [6.07, 6.45) is 3.82. The number of carbonyl (C=O) groups is 2. The zero-order chi connectivity index (χ0) is 24.3. The molecule has 184 valence electrons. The van der Waals surface area contributed by atoms with E-state index in [1.54, 1.807) is 11.0 Å². The Morgan fingerprint density at radius 3 is 2.46 bits per heavy atom. The molecule has 3 saturated heterocycles. The first-order chi connectivity index (χ1) is 16.9. The van der Waals surface area contributed by atoms with Crippen molar-refractivity contribution < 1.29 is 14.0 Å². The number of amides is 3. The van der Waals surface area contributed by atoms with E-state index in [-0.39, 0.29) is 17.8 Å². The Hall–Kier alpha value is -3.13. The Morgan fingerprint density at radius 1 is 0.914 bits per heavy atom. The number of fused-ring (bicyclic) bond motifs is 2. The zero-order valence-corrected chi connectivity index (χ0v) is 20.4. The minimum Gasteiger partial charge on any atom is -0.368 e. The third-order valence-electron chi connectivity index (χ3n) is 8.21. The fraction of sp³-hybridized carbons (Fsp3) is 0.481. The Kier molecular flexibility index (Phi) is 5.44. The molecule has 2 atom stereocenters. The van der Waals surface area contributed by atoms with Crippen molar-refractivity contribution in [3.8, 4) is 0 Å². The molecule has 3 amide bonds. The molecule has 7 nitrogen and oxygen atoms in total. The van der Waals surface area contributed by atoms with Crippen molar-refractivity contribution in [1.82, 2.24) is 9.80 Å². The molecule has 0 aliphatic carbocycles. The Bertz CT molecular complexity index is 1180. The van der Waals surface area contributed by atoms with E-state index in [1.165, 1.54) is 6.07 Å². The molecule has 4 aliphatic rings. The van der Waals surface area contributed by atoms with Crippen molar-refractivity contribution in [3.63, 3.8) is 0 Å². The predicted molar refractivity (Wildman–Crippen MR) is 135 cm³/mol. The zero-order valence-electron chi connectivity index (χ0n) is 20.4. The van der Waals surface area contributed by atoms with Crippen LogP contribution in [-0.4, -0.2) is 80.6 Å². The number of hydrogen-bond donors (Lipinski definition) is 0. The first kappa shape index (κ1) is 22.3. The van der Waals surface area contributed by atoms with Gasteiger partial charge in [-0.15, -0.1) is 0 Å². The maximum atomic E-state index is 15.1. The maximum absolute atomic E-state index is 15.1. The number of benzene rings is 2. The Morgan fingerprint density at radius 2 is 1.71 bits per heavy atom. The van der Waals surface area contributed by atoms with Crippen molar-refractivity contribution in [2.75, 3.05) is 61.5 Å². The quantitative estimate of drug-likeness (QED) is 0.676. The average Bonchev–Trinajstić information content (AvgIpc) is 3.57. The van der Waals surface area contributed by atoms with E-state index >= 15 is 4.39 Å². The highest BCUT2D eigenvalue weighted by molar-refractivity contribution is 6.08. The lowest BCUT2D eigenvalue weighted by molar-refractivity contribution is 0.0980. The van der Waals surface area contributed by atoms with Crippen LogP contribution in [0.25, 0.3) is 0 Å². The summed E-state index contributed by atoms with van der Waals surface area (Å²) in [4.78, 5) is 35.9. The molecular weight excluding hydrogens is 445 g/mol. The second-order valence-corrected chi connectivity index (χ2v) is 10.4. The molecule has 0 unspecified atom stereocenters. The number of carbonyl (C=O) groups excluding carboxylic acids is 2. The fourth-order valence-electron chi connectivity index (χ4n) is 6.13. The smallest absolute Gasteiger partial charge is 0.324 e. The van der Waals surface area contributed by atoms with Crippen LogP contribution < -0.4 is 14.7 Å². The van der Waals surface area contributed by atoms with Gasteiger partial charge in [0, 0.05) is 55.7 Å². The van der Waals surface area contributed by atoms with Gasteiger partial charge in [0.25, 0.3) is 5.91 Å². The lowest BCUT2D eigenvalue weighted by Crippen LogP contribution is -2.38. The molecule has 2 aromatic carbocycles. The van der Waals surface area contributed by atoms with Crippen molar-refractivity contribution >= 4 is 29.0 Å². The second kappa shape index (κ2) is 8.52. The van der Waals surface area contributed by atoms with Crippen LogP contribution in [0, 0.1) is 5.82 Å². The highest BCUT2D eigenvalue weighted by Gasteiger charge is 2.41. The molecule has 2 aromatic rings. The number of halogens is 1. The predicted octanol–water partition coefficient (Wildman–Crippen LogP) is 3.57. The SMILES string of the molecule is CN(C)[C@@H]1CCN(c2ccc(N3CCc4cc(N5C[C@H]6CCCN6C5=O)ccc4C3=O)cc2F)C1. The van der Waals surface area contributed by atoms with Crippen LogP contribution in [0.15, 0.2) is 36.4 Å². The molecule has 4 aliphatic heterocycles. The number of likely N-dealkylation sites (N-methyl/N-ethyl adjacent to an activating group) is 1. The standard InChI is InChI=1S/C27H32FN5O2/c1-29(2)21-10-12-30(16-21)25-8-6-20(15-24(25)28)31-13-9-18-14-19(5-7-23(18)26(31)34)33-17-22-4-3-11-32(22)27(33)35/h5-8,14-15,21-22H,3-4,9-13,16-17H2,1-2H3/t21-,22-/m1/s1. The summed E-state index contributed by atoms with van der Waals surface area (Å²) < 4.78 is 15.1. The second-order valence-electron chi connectivity index (χ2n) is 10.4. The Labute approximate surface area is 205 Å². The molecule has 0 radical (unpaired) electrons. The topological polar surface area (TPSA) is 50.3 Å². The number of nitrogens with zero attached hydrogens (tertiary/aromatic N) is 5. The molecule has 35 heavy (non-hydrogen) atoms. The van der Waals surface area contributed by atoms with Crippen LogP contribution in [0.1, 0.15) is 35.2 Å². The van der Waals surface area contributed by atoms with Crippen LogP contribution >= 0.6 is 0 Å². The average molecular weight is 478 g/mol. The summed E-state index contributed by atoms with van der Waals surface area (Å²) in [7, 11) is 4.12. The molecule has 8 heteroatoms. The van der Waals surface area contributed by atoms with Crippen LogP contribution in [0.3, 0.4) is 0 Å². The lowest BCUT2D eigenvalue weighted by Gasteiger charge is -2.30. The van der Waals surface area contributed by atoms with Crippen molar-refractivity contribution in [3.05, 3.63) is 53.3 Å². The van der Waals surface area contributed by atoms with E-state index in [9.17, 15) is 9.59 Å². The summed E-state index contributed by atoms with van der Waals surface area (Å²) in [6, 6.07) is 11.6. The molecule has 0 aromatic heterocycles. The summed E-state index contributed by atoms with van der Waals surface area (Å²) >= 11 is 0. The van der Waals surface area contributed by atoms with E-state index in [0.717, 1.165) is 56.7 Å². The lowest BCUT2D eigenvalue weighted by atomic mass is 9.97. The van der Waals surface area contributed by atoms with Crippen molar-refractivity contribution in [2.45, 2.75) is 37.8 Å². The molecule has 0 bridgehead atoms. The van der Waals surface area contributed by atoms with Gasteiger partial charge in [0.05, 0.1) is 11.7 Å². The normalized spacial score (nSPS) is 24.1. The third kappa shape index (κ3) is 3.75. The summed E-state index contributed by atoms with van der Waals surface area (Å²) in [5, 5.41) is 0. The van der Waals surface area contributed by atoms with Gasteiger partial charge >= 0.3 is 6.03 Å². The van der Waals surface area contributed by atoms with Crippen LogP contribution in [-0.2, 0) is 6.42 Å². The molecule has 0 spiro atoms. The maximum Gasteiger partial charge on any atom is 0.324 e. The van der Waals surface area contributed by atoms with Gasteiger partial charge < -0.3 is 19.6 Å². The minimum atomic E-state index is -0.288. The monoisotopic (exact) mass is 477 g/mol. The number of anilines is 3. The summed E-state index contributed by atoms with van der Waals surface area (Å²) in [5.74, 6) is -0.406.